The van der Waals surface area contributed by atoms with E-state index in [0.717, 1.165) is 11.0 Å². The number of carbonyl (C=O) groups is 1. The van der Waals surface area contributed by atoms with Gasteiger partial charge in [0.15, 0.2) is 0 Å². The molecule has 0 amide bonds. The third-order valence-corrected chi connectivity index (χ3v) is 3.62. The summed E-state index contributed by atoms with van der Waals surface area (Å²) >= 11 is 6.57. The van der Waals surface area contributed by atoms with Gasteiger partial charge in [0.1, 0.15) is 5.82 Å². The fraction of sp³-hybridized carbons (Fsp3) is 0.273. The average molecular weight is 362 g/mol. The van der Waals surface area contributed by atoms with Crippen LogP contribution in [-0.2, 0) is 12.8 Å². The Morgan fingerprint density at radius 1 is 1.47 bits per heavy atom. The summed E-state index contributed by atoms with van der Waals surface area (Å²) in [5.41, 5.74) is 1.67. The molecule has 0 atom stereocenters. The van der Waals surface area contributed by atoms with E-state index in [9.17, 15) is 4.79 Å². The molecule has 1 N–H and O–H groups in total. The maximum Gasteiger partial charge on any atom is 0.341 e. The molecular formula is C11H10Br2N2O2. The zero-order valence-corrected chi connectivity index (χ0v) is 12.2. The maximum absolute atomic E-state index is 11.8. The van der Waals surface area contributed by atoms with Gasteiger partial charge in [-0.1, -0.05) is 44.0 Å². The molecule has 0 fully saturated rings. The lowest BCUT2D eigenvalue weighted by Gasteiger charge is -2.15. The van der Waals surface area contributed by atoms with Crippen LogP contribution in [0.1, 0.15) is 12.7 Å². The second-order valence-electron chi connectivity index (χ2n) is 3.40. The second-order valence-corrected chi connectivity index (χ2v) is 6.84. The van der Waals surface area contributed by atoms with Gasteiger partial charge in [0.05, 0.1) is 17.6 Å². The van der Waals surface area contributed by atoms with Gasteiger partial charge in [0, 0.05) is 0 Å². The molecule has 0 aliphatic carbocycles. The molecule has 0 saturated heterocycles. The number of benzene rings is 1. The number of ether oxygens (including phenoxy) is 1. The monoisotopic (exact) mass is 360 g/mol. The summed E-state index contributed by atoms with van der Waals surface area (Å²) < 4.78 is 3.83. The highest BCUT2D eigenvalue weighted by atomic mass is 79.9. The minimum Gasteiger partial charge on any atom is -0.464 e. The van der Waals surface area contributed by atoms with Crippen LogP contribution >= 0.6 is 31.9 Å². The van der Waals surface area contributed by atoms with E-state index in [2.05, 4.69) is 41.8 Å². The van der Waals surface area contributed by atoms with E-state index in [1.165, 1.54) is 0 Å². The summed E-state index contributed by atoms with van der Waals surface area (Å²) in [7, 11) is 0. The van der Waals surface area contributed by atoms with Gasteiger partial charge in [-0.25, -0.2) is 9.78 Å². The molecule has 0 unspecified atom stereocenters. The zero-order chi connectivity index (χ0) is 12.5. The molecule has 0 aliphatic rings. The van der Waals surface area contributed by atoms with Crippen LogP contribution in [0.5, 0.6) is 0 Å². The fourth-order valence-corrected chi connectivity index (χ4v) is 2.02. The molecule has 2 aromatic rings. The first-order valence-electron chi connectivity index (χ1n) is 5.06. The van der Waals surface area contributed by atoms with E-state index in [1.807, 2.05) is 24.3 Å². The Bertz CT molecular complexity index is 518. The summed E-state index contributed by atoms with van der Waals surface area (Å²) in [6.07, 6.45) is 0. The van der Waals surface area contributed by atoms with Gasteiger partial charge in [-0.15, -0.1) is 0 Å². The number of esters is 1. The van der Waals surface area contributed by atoms with Crippen molar-refractivity contribution in [2.45, 2.75) is 10.2 Å². The molecule has 2 rings (SSSR count). The van der Waals surface area contributed by atoms with Crippen LogP contribution in [0.3, 0.4) is 0 Å². The van der Waals surface area contributed by atoms with E-state index in [0.29, 0.717) is 12.4 Å². The van der Waals surface area contributed by atoms with E-state index < -0.39 is 9.20 Å². The normalized spacial score (nSPS) is 11.7. The highest BCUT2D eigenvalue weighted by molar-refractivity contribution is 9.25. The van der Waals surface area contributed by atoms with Crippen LogP contribution in [0.2, 0.25) is 0 Å². The van der Waals surface area contributed by atoms with Crippen molar-refractivity contribution in [3.05, 3.63) is 30.1 Å². The first kappa shape index (κ1) is 12.6. The van der Waals surface area contributed by atoms with Crippen LogP contribution in [0.4, 0.5) is 0 Å². The number of nitrogens with zero attached hydrogens (tertiary/aromatic N) is 1. The summed E-state index contributed by atoms with van der Waals surface area (Å²) in [5.74, 6) is 0.0382. The lowest BCUT2D eigenvalue weighted by Crippen LogP contribution is -2.26. The van der Waals surface area contributed by atoms with Crippen molar-refractivity contribution in [1.29, 1.82) is 0 Å². The van der Waals surface area contributed by atoms with Crippen LogP contribution < -0.4 is 0 Å². The number of imidazole rings is 1. The molecule has 0 saturated carbocycles. The maximum atomic E-state index is 11.8. The average Bonchev–Trinajstić information content (AvgIpc) is 2.73. The third kappa shape index (κ3) is 2.37. The molecule has 0 radical (unpaired) electrons. The highest BCUT2D eigenvalue weighted by Gasteiger charge is 2.39. The Kier molecular flexibility index (Phi) is 3.53. The van der Waals surface area contributed by atoms with Gasteiger partial charge in [-0.3, -0.25) is 0 Å². The SMILES string of the molecule is CCOC(=O)C(Br)(Br)c1nc2ccccc2[nH]1. The van der Waals surface area contributed by atoms with Gasteiger partial charge in [0.2, 0.25) is 3.23 Å². The number of fused-ring (bicyclic) bond motifs is 1. The molecule has 1 aromatic carbocycles. The van der Waals surface area contributed by atoms with Crippen molar-refractivity contribution in [1.82, 2.24) is 9.97 Å². The lowest BCUT2D eigenvalue weighted by molar-refractivity contribution is -0.143. The number of nitrogens with one attached hydrogen (secondary N) is 1. The molecule has 90 valence electrons. The Labute approximate surface area is 115 Å². The van der Waals surface area contributed by atoms with Crippen LogP contribution in [0.25, 0.3) is 11.0 Å². The van der Waals surface area contributed by atoms with E-state index in [-0.39, 0.29) is 0 Å². The molecule has 4 nitrogen and oxygen atoms in total. The van der Waals surface area contributed by atoms with Gasteiger partial charge in [-0.2, -0.15) is 0 Å². The molecule has 1 aromatic heterocycles. The molecular weight excluding hydrogens is 352 g/mol. The van der Waals surface area contributed by atoms with Gasteiger partial charge < -0.3 is 9.72 Å². The van der Waals surface area contributed by atoms with Crippen LogP contribution in [0.15, 0.2) is 24.3 Å². The van der Waals surface area contributed by atoms with Crippen molar-refractivity contribution in [2.24, 2.45) is 0 Å². The highest BCUT2D eigenvalue weighted by Crippen LogP contribution is 2.38. The number of hydrogen-bond donors (Lipinski definition) is 1. The third-order valence-electron chi connectivity index (χ3n) is 2.22. The summed E-state index contributed by atoms with van der Waals surface area (Å²) in [6, 6.07) is 7.56. The number of alkyl halides is 2. The molecule has 0 aliphatic heterocycles. The Morgan fingerprint density at radius 3 is 2.82 bits per heavy atom. The number of halogens is 2. The number of carbonyl (C=O) groups excluding carboxylic acids is 1. The van der Waals surface area contributed by atoms with Crippen LogP contribution in [0, 0.1) is 0 Å². The topological polar surface area (TPSA) is 55.0 Å². The van der Waals surface area contributed by atoms with Crippen molar-refractivity contribution >= 4 is 48.9 Å². The predicted molar refractivity (Wildman–Crippen MR) is 72.3 cm³/mol. The van der Waals surface area contributed by atoms with E-state index in [1.54, 1.807) is 6.92 Å². The molecule has 0 bridgehead atoms. The Hall–Kier alpha value is -0.880. The van der Waals surface area contributed by atoms with Crippen molar-refractivity contribution in [3.63, 3.8) is 0 Å². The molecule has 17 heavy (non-hydrogen) atoms. The van der Waals surface area contributed by atoms with Crippen molar-refractivity contribution in [2.75, 3.05) is 6.61 Å². The first-order chi connectivity index (χ1) is 8.05. The number of hydrogen-bond acceptors (Lipinski definition) is 3. The fourth-order valence-electron chi connectivity index (χ4n) is 1.42. The second kappa shape index (κ2) is 4.78. The number of para-hydroxylation sites is 2. The quantitative estimate of drug-likeness (QED) is 0.675. The van der Waals surface area contributed by atoms with E-state index >= 15 is 0 Å². The van der Waals surface area contributed by atoms with Gasteiger partial charge in [0.25, 0.3) is 0 Å². The molecule has 1 heterocycles. The predicted octanol–water partition coefficient (Wildman–Crippen LogP) is 3.07. The zero-order valence-electron chi connectivity index (χ0n) is 9.04. The van der Waals surface area contributed by atoms with Crippen molar-refractivity contribution < 1.29 is 9.53 Å². The number of rotatable bonds is 3. The summed E-state index contributed by atoms with van der Waals surface area (Å²) in [4.78, 5) is 19.2. The van der Waals surface area contributed by atoms with Crippen molar-refractivity contribution in [3.8, 4) is 0 Å². The number of H-pyrrole nitrogens is 1. The Balaban J connectivity index is 2.41. The van der Waals surface area contributed by atoms with E-state index in [4.69, 9.17) is 4.74 Å². The summed E-state index contributed by atoms with van der Waals surface area (Å²) in [6.45, 7) is 2.07. The first-order valence-corrected chi connectivity index (χ1v) is 6.64. The van der Waals surface area contributed by atoms with Crippen LogP contribution in [-0.4, -0.2) is 22.5 Å². The largest absolute Gasteiger partial charge is 0.464 e. The summed E-state index contributed by atoms with van der Waals surface area (Å²) in [5, 5.41) is 0. The minimum absolute atomic E-state index is 0.317. The standard InChI is InChI=1S/C11H10Br2N2O2/c1-2-17-10(16)11(12,13)9-14-7-5-3-4-6-8(7)15-9/h3-6H,2H2,1H3,(H,14,15). The number of aromatic nitrogens is 2. The lowest BCUT2D eigenvalue weighted by atomic mass is 10.3. The smallest absolute Gasteiger partial charge is 0.341 e. The number of aromatic amines is 1. The minimum atomic E-state index is -1.13. The van der Waals surface area contributed by atoms with Gasteiger partial charge in [-0.05, 0) is 19.1 Å². The Morgan fingerprint density at radius 2 is 2.18 bits per heavy atom. The molecule has 6 heteroatoms. The molecule has 0 spiro atoms. The van der Waals surface area contributed by atoms with Gasteiger partial charge >= 0.3 is 5.97 Å².